The van der Waals surface area contributed by atoms with Crippen molar-refractivity contribution < 1.29 is 27.8 Å². The lowest BCUT2D eigenvalue weighted by Crippen LogP contribution is -2.62. The molecule has 5 nitrogen and oxygen atoms in total. The lowest BCUT2D eigenvalue weighted by Gasteiger charge is -2.38. The van der Waals surface area contributed by atoms with E-state index in [0.29, 0.717) is 18.6 Å². The van der Waals surface area contributed by atoms with Crippen LogP contribution in [0.15, 0.2) is 23.3 Å². The summed E-state index contributed by atoms with van der Waals surface area (Å²) in [4.78, 5) is 12.7. The Hall–Kier alpha value is -2.09. The van der Waals surface area contributed by atoms with Crippen molar-refractivity contribution in [3.63, 3.8) is 0 Å². The number of carbonyl (C=O) groups is 1. The van der Waals surface area contributed by atoms with E-state index in [-0.39, 0.29) is 29.0 Å². The molecule has 29 heavy (non-hydrogen) atoms. The molecular weight excluding hydrogens is 385 g/mol. The van der Waals surface area contributed by atoms with Crippen LogP contribution >= 0.6 is 0 Å². The molecule has 1 amide bonds. The third-order valence-electron chi connectivity index (χ3n) is 5.81. The minimum absolute atomic E-state index is 0.114. The predicted molar refractivity (Wildman–Crippen MR) is 103 cm³/mol. The fourth-order valence-corrected chi connectivity index (χ4v) is 4.19. The zero-order valence-corrected chi connectivity index (χ0v) is 17.1. The molecule has 0 aromatic heterocycles. The summed E-state index contributed by atoms with van der Waals surface area (Å²) in [6.45, 7) is 6.91. The number of ether oxygens (including phenoxy) is 1. The van der Waals surface area contributed by atoms with E-state index in [9.17, 15) is 23.1 Å². The summed E-state index contributed by atoms with van der Waals surface area (Å²) in [6.07, 6.45) is -3.66. The highest BCUT2D eigenvalue weighted by molar-refractivity contribution is 5.95. The number of aliphatic hydroxyl groups is 1. The SMILES string of the molecule is Cc1ccc(C(C)C)c(OCC(=O)N2N=C3C(C)CCCC3C2(O)C(F)(F)F)c1. The first kappa shape index (κ1) is 21.6. The van der Waals surface area contributed by atoms with Crippen LogP contribution in [0.2, 0.25) is 0 Å². The second-order valence-corrected chi connectivity index (χ2v) is 8.32. The molecule has 1 aliphatic heterocycles. The average molecular weight is 412 g/mol. The molecular formula is C21H27F3N2O3. The number of hydrazone groups is 1. The Morgan fingerprint density at radius 2 is 2.07 bits per heavy atom. The quantitative estimate of drug-likeness (QED) is 0.798. The Balaban J connectivity index is 1.87. The van der Waals surface area contributed by atoms with Gasteiger partial charge in [-0.2, -0.15) is 23.3 Å². The summed E-state index contributed by atoms with van der Waals surface area (Å²) >= 11 is 0. The molecule has 3 unspecified atom stereocenters. The smallest absolute Gasteiger partial charge is 0.439 e. The maximum absolute atomic E-state index is 13.9. The van der Waals surface area contributed by atoms with E-state index >= 15 is 0 Å². The maximum Gasteiger partial charge on any atom is 0.439 e. The van der Waals surface area contributed by atoms with Gasteiger partial charge in [-0.25, -0.2) is 0 Å². The van der Waals surface area contributed by atoms with Crippen LogP contribution in [0.4, 0.5) is 13.2 Å². The van der Waals surface area contributed by atoms with Crippen LogP contribution in [0.25, 0.3) is 0 Å². The first-order valence-corrected chi connectivity index (χ1v) is 9.90. The van der Waals surface area contributed by atoms with Crippen molar-refractivity contribution in [1.29, 1.82) is 0 Å². The van der Waals surface area contributed by atoms with Crippen LogP contribution in [-0.2, 0) is 4.79 Å². The summed E-state index contributed by atoms with van der Waals surface area (Å²) in [5.41, 5.74) is -1.33. The Labute approximate surface area is 168 Å². The number of benzene rings is 1. The van der Waals surface area contributed by atoms with Crippen molar-refractivity contribution in [1.82, 2.24) is 5.01 Å². The van der Waals surface area contributed by atoms with Gasteiger partial charge in [0, 0.05) is 5.71 Å². The molecule has 0 bridgehead atoms. The van der Waals surface area contributed by atoms with Crippen LogP contribution in [-0.4, -0.2) is 40.2 Å². The van der Waals surface area contributed by atoms with Gasteiger partial charge in [0.2, 0.25) is 0 Å². The van der Waals surface area contributed by atoms with Crippen molar-refractivity contribution in [2.75, 3.05) is 6.61 Å². The summed E-state index contributed by atoms with van der Waals surface area (Å²) < 4.78 is 47.2. The molecule has 1 aromatic carbocycles. The highest BCUT2D eigenvalue weighted by atomic mass is 19.4. The number of carbonyl (C=O) groups excluding carboxylic acids is 1. The predicted octanol–water partition coefficient (Wildman–Crippen LogP) is 4.38. The fraction of sp³-hybridized carbons (Fsp3) is 0.619. The van der Waals surface area contributed by atoms with Crippen molar-refractivity contribution in [3.05, 3.63) is 29.3 Å². The Morgan fingerprint density at radius 3 is 2.69 bits per heavy atom. The van der Waals surface area contributed by atoms with E-state index in [0.717, 1.165) is 11.1 Å². The van der Waals surface area contributed by atoms with Crippen LogP contribution in [0.3, 0.4) is 0 Å². The zero-order valence-electron chi connectivity index (χ0n) is 17.1. The number of halogens is 3. The van der Waals surface area contributed by atoms with Crippen molar-refractivity contribution in [2.24, 2.45) is 16.9 Å². The Morgan fingerprint density at radius 1 is 1.38 bits per heavy atom. The summed E-state index contributed by atoms with van der Waals surface area (Å²) in [6, 6.07) is 5.53. The maximum atomic E-state index is 13.9. The molecule has 0 spiro atoms. The molecule has 1 saturated carbocycles. The highest BCUT2D eigenvalue weighted by Crippen LogP contribution is 2.49. The Kier molecular flexibility index (Phi) is 5.69. The number of hydrogen-bond donors (Lipinski definition) is 1. The number of amides is 1. The van der Waals surface area contributed by atoms with E-state index in [1.54, 1.807) is 13.0 Å². The van der Waals surface area contributed by atoms with E-state index in [2.05, 4.69) is 5.10 Å². The minimum atomic E-state index is -5.03. The first-order valence-electron chi connectivity index (χ1n) is 9.90. The molecule has 1 N–H and O–H groups in total. The molecule has 0 radical (unpaired) electrons. The second kappa shape index (κ2) is 7.63. The van der Waals surface area contributed by atoms with Crippen LogP contribution in [0.5, 0.6) is 5.75 Å². The summed E-state index contributed by atoms with van der Waals surface area (Å²) in [5.74, 6) is -1.91. The average Bonchev–Trinajstić information content (AvgIpc) is 2.95. The molecule has 3 rings (SSSR count). The lowest BCUT2D eigenvalue weighted by molar-refractivity contribution is -0.317. The van der Waals surface area contributed by atoms with Gasteiger partial charge >= 0.3 is 6.18 Å². The van der Waals surface area contributed by atoms with E-state index < -0.39 is 30.3 Å². The van der Waals surface area contributed by atoms with Gasteiger partial charge in [0.25, 0.3) is 11.6 Å². The summed E-state index contributed by atoms with van der Waals surface area (Å²) in [5, 5.41) is 14.8. The largest absolute Gasteiger partial charge is 0.483 e. The number of hydrogen-bond acceptors (Lipinski definition) is 4. The lowest BCUT2D eigenvalue weighted by atomic mass is 9.75. The van der Waals surface area contributed by atoms with Gasteiger partial charge in [-0.3, -0.25) is 4.79 Å². The van der Waals surface area contributed by atoms with Gasteiger partial charge in [-0.1, -0.05) is 39.3 Å². The molecule has 2 aliphatic rings. The Bertz CT molecular complexity index is 822. The zero-order chi connectivity index (χ0) is 21.6. The van der Waals surface area contributed by atoms with E-state index in [1.165, 1.54) is 0 Å². The molecule has 1 aliphatic carbocycles. The van der Waals surface area contributed by atoms with Gasteiger partial charge in [0.15, 0.2) is 6.61 Å². The van der Waals surface area contributed by atoms with Gasteiger partial charge < -0.3 is 9.84 Å². The molecule has 3 atom stereocenters. The van der Waals surface area contributed by atoms with Gasteiger partial charge in [0.1, 0.15) is 5.75 Å². The number of aryl methyl sites for hydroxylation is 1. The van der Waals surface area contributed by atoms with Crippen molar-refractivity contribution >= 4 is 11.6 Å². The normalized spacial score (nSPS) is 27.1. The van der Waals surface area contributed by atoms with Crippen molar-refractivity contribution in [3.8, 4) is 5.75 Å². The van der Waals surface area contributed by atoms with Gasteiger partial charge in [0.05, 0.1) is 5.92 Å². The topological polar surface area (TPSA) is 62.1 Å². The standard InChI is InChI=1S/C21H27F3N2O3/c1-12(2)15-9-8-13(3)10-17(15)29-11-18(27)26-20(28,21(22,23)24)16-7-5-6-14(4)19(16)25-26/h8-10,12,14,16,28H,5-7,11H2,1-4H3. The van der Waals surface area contributed by atoms with E-state index in [1.807, 2.05) is 32.9 Å². The molecule has 1 aromatic rings. The first-order chi connectivity index (χ1) is 13.5. The molecule has 160 valence electrons. The van der Waals surface area contributed by atoms with E-state index in [4.69, 9.17) is 4.74 Å². The van der Waals surface area contributed by atoms with Crippen molar-refractivity contribution in [2.45, 2.75) is 64.8 Å². The minimum Gasteiger partial charge on any atom is -0.483 e. The highest BCUT2D eigenvalue weighted by Gasteiger charge is 2.69. The molecule has 1 heterocycles. The van der Waals surface area contributed by atoms with Gasteiger partial charge in [-0.15, -0.1) is 0 Å². The van der Waals surface area contributed by atoms with Crippen LogP contribution in [0, 0.1) is 18.8 Å². The summed E-state index contributed by atoms with van der Waals surface area (Å²) in [7, 11) is 0. The second-order valence-electron chi connectivity index (χ2n) is 8.32. The molecule has 1 fully saturated rings. The third kappa shape index (κ3) is 3.74. The number of nitrogens with zero attached hydrogens (tertiary/aromatic N) is 2. The van der Waals surface area contributed by atoms with Crippen LogP contribution < -0.4 is 4.74 Å². The van der Waals surface area contributed by atoms with Gasteiger partial charge in [-0.05, 0) is 48.8 Å². The molecule has 0 saturated heterocycles. The number of rotatable bonds is 4. The number of fused-ring (bicyclic) bond motifs is 1. The third-order valence-corrected chi connectivity index (χ3v) is 5.81. The molecule has 8 heteroatoms. The number of alkyl halides is 3. The van der Waals surface area contributed by atoms with Crippen LogP contribution in [0.1, 0.15) is 57.1 Å². The fourth-order valence-electron chi connectivity index (χ4n) is 4.19. The monoisotopic (exact) mass is 412 g/mol.